The van der Waals surface area contributed by atoms with Crippen LogP contribution in [0.5, 0.6) is 5.75 Å². The number of piperazine rings is 1. The third kappa shape index (κ3) is 7.37. The van der Waals surface area contributed by atoms with E-state index in [0.717, 1.165) is 69.0 Å². The number of rotatable bonds is 9. The van der Waals surface area contributed by atoms with Crippen LogP contribution in [0.25, 0.3) is 11.1 Å². The third-order valence-electron chi connectivity index (χ3n) is 11.8. The molecule has 0 radical (unpaired) electrons. The van der Waals surface area contributed by atoms with Gasteiger partial charge >= 0.3 is 0 Å². The van der Waals surface area contributed by atoms with E-state index >= 15 is 0 Å². The Morgan fingerprint density at radius 3 is 2.04 bits per heavy atom. The summed E-state index contributed by atoms with van der Waals surface area (Å²) in [6, 6.07) is 32.7. The minimum Gasteiger partial charge on any atom is -0.508 e. The summed E-state index contributed by atoms with van der Waals surface area (Å²) in [5.41, 5.74) is 9.93. The first kappa shape index (κ1) is 35.6. The zero-order valence-electron chi connectivity index (χ0n) is 31.0. The number of amides is 3. The van der Waals surface area contributed by atoms with Gasteiger partial charge in [-0.05, 0) is 101 Å². The SMILES string of the molecule is CC/C(=C(\c1ccc(O)cc1)c1ccc(N2CCC(CN3CCN(c4ccc5c(c4)C(=O)N(C4CCC(=O)NC4=O)C5)CC3)CC2)cc1)c1ccccc1. The zero-order valence-corrected chi connectivity index (χ0v) is 31.0. The van der Waals surface area contributed by atoms with E-state index in [1.807, 2.05) is 24.3 Å². The molecule has 3 amide bonds. The molecule has 4 aromatic rings. The Morgan fingerprint density at radius 1 is 0.722 bits per heavy atom. The molecule has 1 atom stereocenters. The minimum absolute atomic E-state index is 0.119. The molecule has 278 valence electrons. The molecule has 9 heteroatoms. The number of carbonyl (C=O) groups is 3. The normalized spacial score (nSPS) is 20.2. The maximum atomic E-state index is 13.4. The molecule has 0 bridgehead atoms. The number of aromatic hydroxyl groups is 1. The van der Waals surface area contributed by atoms with E-state index in [0.29, 0.717) is 24.4 Å². The number of hydrogen-bond acceptors (Lipinski definition) is 7. The summed E-state index contributed by atoms with van der Waals surface area (Å²) >= 11 is 0. The maximum Gasteiger partial charge on any atom is 0.255 e. The highest BCUT2D eigenvalue weighted by Gasteiger charge is 2.39. The molecule has 54 heavy (non-hydrogen) atoms. The molecule has 3 fully saturated rings. The standard InChI is InChI=1S/C45H49N5O4/c1-2-39(32-6-4-3-5-7-32)43(34-11-16-38(51)17-12-34)33-8-13-36(14-9-33)48-22-20-31(21-23-48)29-47-24-26-49(27-25-47)37-15-10-35-30-50(45(54)40(35)28-37)41-18-19-42(52)46-44(41)53/h3-17,28,31,41,51H,2,18-27,29-30H2,1H3,(H,46,52,53)/b43-39+. The number of phenolic OH excluding ortho intramolecular Hbond substituents is 1. The first-order chi connectivity index (χ1) is 26.3. The second-order valence-corrected chi connectivity index (χ2v) is 15.1. The summed E-state index contributed by atoms with van der Waals surface area (Å²) < 4.78 is 0. The second kappa shape index (κ2) is 15.5. The molecule has 1 unspecified atom stereocenters. The molecular formula is C45H49N5O4. The van der Waals surface area contributed by atoms with Crippen LogP contribution in [0.15, 0.2) is 97.1 Å². The first-order valence-electron chi connectivity index (χ1n) is 19.5. The predicted molar refractivity (Wildman–Crippen MR) is 213 cm³/mol. The van der Waals surface area contributed by atoms with Crippen LogP contribution in [0, 0.1) is 5.92 Å². The number of hydrogen-bond donors (Lipinski definition) is 2. The van der Waals surface area contributed by atoms with Gasteiger partial charge in [0.1, 0.15) is 11.8 Å². The molecule has 4 heterocycles. The molecular weight excluding hydrogens is 675 g/mol. The van der Waals surface area contributed by atoms with Crippen LogP contribution >= 0.6 is 0 Å². The average Bonchev–Trinajstić information content (AvgIpc) is 3.53. The Kier molecular flexibility index (Phi) is 10.2. The fourth-order valence-electron chi connectivity index (χ4n) is 8.81. The lowest BCUT2D eigenvalue weighted by Crippen LogP contribution is -2.52. The summed E-state index contributed by atoms with van der Waals surface area (Å²) in [5, 5.41) is 12.4. The molecule has 0 aliphatic carbocycles. The van der Waals surface area contributed by atoms with E-state index < -0.39 is 6.04 Å². The molecule has 4 aromatic carbocycles. The van der Waals surface area contributed by atoms with Gasteiger partial charge in [0, 0.05) is 75.7 Å². The summed E-state index contributed by atoms with van der Waals surface area (Å²) in [6.45, 7) is 9.65. The number of phenols is 1. The van der Waals surface area contributed by atoms with Crippen LogP contribution in [-0.4, -0.2) is 84.5 Å². The molecule has 3 saturated heterocycles. The zero-order chi connectivity index (χ0) is 37.2. The number of nitrogens with one attached hydrogen (secondary N) is 1. The van der Waals surface area contributed by atoms with Crippen molar-refractivity contribution in [1.29, 1.82) is 0 Å². The quantitative estimate of drug-likeness (QED) is 0.149. The average molecular weight is 724 g/mol. The van der Waals surface area contributed by atoms with Crippen molar-refractivity contribution < 1.29 is 19.5 Å². The van der Waals surface area contributed by atoms with Crippen LogP contribution < -0.4 is 15.1 Å². The van der Waals surface area contributed by atoms with E-state index in [9.17, 15) is 19.5 Å². The Labute approximate surface area is 317 Å². The van der Waals surface area contributed by atoms with Crippen LogP contribution in [0.4, 0.5) is 11.4 Å². The fourth-order valence-corrected chi connectivity index (χ4v) is 8.81. The van der Waals surface area contributed by atoms with Crippen molar-refractivity contribution in [3.8, 4) is 5.75 Å². The topological polar surface area (TPSA) is 96.4 Å². The summed E-state index contributed by atoms with van der Waals surface area (Å²) in [5.74, 6) is 0.182. The van der Waals surface area contributed by atoms with Crippen LogP contribution in [0.3, 0.4) is 0 Å². The van der Waals surface area contributed by atoms with E-state index in [1.54, 1.807) is 17.0 Å². The first-order valence-corrected chi connectivity index (χ1v) is 19.5. The number of imide groups is 1. The largest absolute Gasteiger partial charge is 0.508 e. The highest BCUT2D eigenvalue weighted by atomic mass is 16.3. The van der Waals surface area contributed by atoms with Crippen molar-refractivity contribution in [2.75, 3.05) is 55.6 Å². The Morgan fingerprint density at radius 2 is 1.37 bits per heavy atom. The molecule has 0 spiro atoms. The summed E-state index contributed by atoms with van der Waals surface area (Å²) in [6.07, 6.45) is 3.88. The van der Waals surface area contributed by atoms with Crippen molar-refractivity contribution in [3.05, 3.63) is 125 Å². The van der Waals surface area contributed by atoms with Crippen molar-refractivity contribution in [1.82, 2.24) is 15.1 Å². The van der Waals surface area contributed by atoms with E-state index in [1.165, 1.54) is 40.8 Å². The second-order valence-electron chi connectivity index (χ2n) is 15.1. The Bertz CT molecular complexity index is 2030. The van der Waals surface area contributed by atoms with Gasteiger partial charge in [-0.1, -0.05) is 67.6 Å². The van der Waals surface area contributed by atoms with Gasteiger partial charge in [-0.3, -0.25) is 24.6 Å². The lowest BCUT2D eigenvalue weighted by Gasteiger charge is -2.40. The molecule has 4 aliphatic rings. The van der Waals surface area contributed by atoms with Crippen molar-refractivity contribution >= 4 is 40.2 Å². The number of anilines is 2. The van der Waals surface area contributed by atoms with E-state index in [-0.39, 0.29) is 29.9 Å². The van der Waals surface area contributed by atoms with Gasteiger partial charge in [-0.2, -0.15) is 0 Å². The molecule has 0 saturated carbocycles. The van der Waals surface area contributed by atoms with Crippen LogP contribution in [-0.2, 0) is 16.1 Å². The molecule has 0 aromatic heterocycles. The van der Waals surface area contributed by atoms with Gasteiger partial charge in [0.2, 0.25) is 11.8 Å². The number of nitrogens with zero attached hydrogens (tertiary/aromatic N) is 4. The molecule has 8 rings (SSSR count). The number of piperidine rings is 2. The molecule has 2 N–H and O–H groups in total. The minimum atomic E-state index is -0.589. The van der Waals surface area contributed by atoms with Crippen LogP contribution in [0.1, 0.15) is 71.6 Å². The van der Waals surface area contributed by atoms with Crippen molar-refractivity contribution in [2.24, 2.45) is 5.92 Å². The Hall–Kier alpha value is -5.41. The van der Waals surface area contributed by atoms with Gasteiger partial charge in [-0.15, -0.1) is 0 Å². The number of allylic oxidation sites excluding steroid dienone is 1. The summed E-state index contributed by atoms with van der Waals surface area (Å²) in [7, 11) is 0. The highest BCUT2D eigenvalue weighted by molar-refractivity contribution is 6.05. The smallest absolute Gasteiger partial charge is 0.255 e. The Balaban J connectivity index is 0.852. The van der Waals surface area contributed by atoms with Crippen LogP contribution in [0.2, 0.25) is 0 Å². The van der Waals surface area contributed by atoms with Gasteiger partial charge in [0.15, 0.2) is 0 Å². The molecule has 4 aliphatic heterocycles. The maximum absolute atomic E-state index is 13.4. The van der Waals surface area contributed by atoms with Gasteiger partial charge in [0.05, 0.1) is 0 Å². The number of fused-ring (bicyclic) bond motifs is 1. The number of benzene rings is 4. The lowest BCUT2D eigenvalue weighted by atomic mass is 9.88. The monoisotopic (exact) mass is 723 g/mol. The molecule has 9 nitrogen and oxygen atoms in total. The lowest BCUT2D eigenvalue weighted by molar-refractivity contribution is -0.136. The summed E-state index contributed by atoms with van der Waals surface area (Å²) in [4.78, 5) is 46.6. The predicted octanol–water partition coefficient (Wildman–Crippen LogP) is 6.56. The van der Waals surface area contributed by atoms with Gasteiger partial charge in [-0.25, -0.2) is 0 Å². The number of carbonyl (C=O) groups excluding carboxylic acids is 3. The van der Waals surface area contributed by atoms with Gasteiger partial charge in [0.25, 0.3) is 5.91 Å². The van der Waals surface area contributed by atoms with E-state index in [4.69, 9.17) is 0 Å². The van der Waals surface area contributed by atoms with Gasteiger partial charge < -0.3 is 19.8 Å². The van der Waals surface area contributed by atoms with Crippen molar-refractivity contribution in [3.63, 3.8) is 0 Å². The fraction of sp³-hybridized carbons (Fsp3) is 0.356. The van der Waals surface area contributed by atoms with Crippen molar-refractivity contribution in [2.45, 2.75) is 51.6 Å². The third-order valence-corrected chi connectivity index (χ3v) is 11.8. The highest BCUT2D eigenvalue weighted by Crippen LogP contribution is 2.36. The van der Waals surface area contributed by atoms with E-state index in [2.05, 4.69) is 87.6 Å².